The summed E-state index contributed by atoms with van der Waals surface area (Å²) in [5, 5.41) is 18.7. The molecule has 0 spiro atoms. The minimum absolute atomic E-state index is 0.244. The third-order valence-corrected chi connectivity index (χ3v) is 3.31. The molecule has 0 bridgehead atoms. The van der Waals surface area contributed by atoms with Gasteiger partial charge in [-0.05, 0) is 48.4 Å². The van der Waals surface area contributed by atoms with Crippen LogP contribution in [0.3, 0.4) is 0 Å². The number of carbonyl (C=O) groups is 1. The van der Waals surface area contributed by atoms with Crippen LogP contribution in [0.2, 0.25) is 0 Å². The zero-order valence-corrected chi connectivity index (χ0v) is 9.36. The van der Waals surface area contributed by atoms with E-state index in [1.165, 1.54) is 11.1 Å². The lowest BCUT2D eigenvalue weighted by molar-refractivity contribution is -0.141. The van der Waals surface area contributed by atoms with Crippen LogP contribution in [0.1, 0.15) is 30.0 Å². The maximum atomic E-state index is 10.8. The number of fused-ring (bicyclic) bond motifs is 1. The van der Waals surface area contributed by atoms with Crippen molar-refractivity contribution >= 4 is 5.97 Å². The highest BCUT2D eigenvalue weighted by atomic mass is 16.4. The smallest absolute Gasteiger partial charge is 0.306 e. The summed E-state index contributed by atoms with van der Waals surface area (Å²) in [6.45, 7) is 1.68. The SMILES string of the molecule is CC(Cc1c(O)ccc2c1CCC2)C(=O)O. The van der Waals surface area contributed by atoms with Crippen molar-refractivity contribution in [2.24, 2.45) is 5.92 Å². The number of hydrogen-bond acceptors (Lipinski definition) is 2. The van der Waals surface area contributed by atoms with Crippen LogP contribution >= 0.6 is 0 Å². The zero-order valence-electron chi connectivity index (χ0n) is 9.36. The quantitative estimate of drug-likeness (QED) is 0.820. The number of aryl methyl sites for hydroxylation is 1. The lowest BCUT2D eigenvalue weighted by Gasteiger charge is -2.13. The number of carboxylic acids is 1. The van der Waals surface area contributed by atoms with Crippen molar-refractivity contribution in [2.45, 2.75) is 32.6 Å². The molecule has 1 aliphatic rings. The van der Waals surface area contributed by atoms with Gasteiger partial charge in [0.05, 0.1) is 5.92 Å². The van der Waals surface area contributed by atoms with Gasteiger partial charge < -0.3 is 10.2 Å². The lowest BCUT2D eigenvalue weighted by atomic mass is 9.94. The van der Waals surface area contributed by atoms with Crippen molar-refractivity contribution in [3.8, 4) is 5.75 Å². The van der Waals surface area contributed by atoms with E-state index in [0.29, 0.717) is 6.42 Å². The molecule has 0 fully saturated rings. The molecular weight excluding hydrogens is 204 g/mol. The Bertz CT molecular complexity index is 423. The van der Waals surface area contributed by atoms with Gasteiger partial charge in [0.1, 0.15) is 5.75 Å². The van der Waals surface area contributed by atoms with Crippen LogP contribution in [0.25, 0.3) is 0 Å². The predicted molar refractivity (Wildman–Crippen MR) is 60.6 cm³/mol. The number of benzene rings is 1. The normalized spacial score (nSPS) is 15.8. The second kappa shape index (κ2) is 4.16. The van der Waals surface area contributed by atoms with Gasteiger partial charge in [-0.2, -0.15) is 0 Å². The highest BCUT2D eigenvalue weighted by molar-refractivity contribution is 5.70. The number of aliphatic carboxylic acids is 1. The maximum Gasteiger partial charge on any atom is 0.306 e. The number of phenols is 1. The number of phenolic OH excluding ortho intramolecular Hbond substituents is 1. The van der Waals surface area contributed by atoms with Crippen molar-refractivity contribution in [1.82, 2.24) is 0 Å². The van der Waals surface area contributed by atoms with Gasteiger partial charge in [-0.3, -0.25) is 4.79 Å². The van der Waals surface area contributed by atoms with E-state index in [1.807, 2.05) is 6.07 Å². The third-order valence-electron chi connectivity index (χ3n) is 3.31. The molecule has 3 nitrogen and oxygen atoms in total. The maximum absolute atomic E-state index is 10.8. The van der Waals surface area contributed by atoms with Crippen LogP contribution in [0.4, 0.5) is 0 Å². The van der Waals surface area contributed by atoms with E-state index in [9.17, 15) is 9.90 Å². The summed E-state index contributed by atoms with van der Waals surface area (Å²) in [6.07, 6.45) is 3.53. The van der Waals surface area contributed by atoms with Gasteiger partial charge in [-0.15, -0.1) is 0 Å². The lowest BCUT2D eigenvalue weighted by Crippen LogP contribution is -2.13. The summed E-state index contributed by atoms with van der Waals surface area (Å²) in [4.78, 5) is 10.8. The molecule has 2 rings (SSSR count). The van der Waals surface area contributed by atoms with E-state index in [0.717, 1.165) is 24.8 Å². The Morgan fingerprint density at radius 3 is 2.88 bits per heavy atom. The summed E-state index contributed by atoms with van der Waals surface area (Å²) in [7, 11) is 0. The van der Waals surface area contributed by atoms with Crippen LogP contribution in [0.15, 0.2) is 12.1 Å². The summed E-state index contributed by atoms with van der Waals surface area (Å²) in [5.74, 6) is -1.01. The van der Waals surface area contributed by atoms with Gasteiger partial charge in [0.15, 0.2) is 0 Å². The van der Waals surface area contributed by atoms with Crippen LogP contribution in [-0.2, 0) is 24.1 Å². The molecule has 86 valence electrons. The Morgan fingerprint density at radius 1 is 1.44 bits per heavy atom. The van der Waals surface area contributed by atoms with Crippen molar-refractivity contribution in [1.29, 1.82) is 0 Å². The average molecular weight is 220 g/mol. The molecule has 0 amide bonds. The van der Waals surface area contributed by atoms with E-state index in [4.69, 9.17) is 5.11 Å². The van der Waals surface area contributed by atoms with Crippen LogP contribution in [0.5, 0.6) is 5.75 Å². The fraction of sp³-hybridized carbons (Fsp3) is 0.462. The van der Waals surface area contributed by atoms with E-state index < -0.39 is 11.9 Å². The van der Waals surface area contributed by atoms with Crippen molar-refractivity contribution in [3.05, 3.63) is 28.8 Å². The Hall–Kier alpha value is -1.51. The van der Waals surface area contributed by atoms with Gasteiger partial charge in [0, 0.05) is 0 Å². The van der Waals surface area contributed by atoms with Crippen molar-refractivity contribution < 1.29 is 15.0 Å². The second-order valence-corrected chi connectivity index (χ2v) is 4.50. The predicted octanol–water partition coefficient (Wildman–Crippen LogP) is 2.14. The molecule has 0 radical (unpaired) electrons. The largest absolute Gasteiger partial charge is 0.508 e. The summed E-state index contributed by atoms with van der Waals surface area (Å²) < 4.78 is 0. The third kappa shape index (κ3) is 1.90. The van der Waals surface area contributed by atoms with Crippen LogP contribution in [0, 0.1) is 5.92 Å². The Morgan fingerprint density at radius 2 is 2.19 bits per heavy atom. The minimum Gasteiger partial charge on any atom is -0.508 e. The molecule has 1 aliphatic carbocycles. The summed E-state index contributed by atoms with van der Waals surface area (Å²) in [5.41, 5.74) is 3.28. The Kier molecular flexibility index (Phi) is 2.86. The highest BCUT2D eigenvalue weighted by Crippen LogP contribution is 2.32. The summed E-state index contributed by atoms with van der Waals surface area (Å²) >= 11 is 0. The van der Waals surface area contributed by atoms with Crippen molar-refractivity contribution in [2.75, 3.05) is 0 Å². The number of carboxylic acid groups (broad SMARTS) is 1. The summed E-state index contributed by atoms with van der Waals surface area (Å²) in [6, 6.07) is 3.64. The first-order valence-electron chi connectivity index (χ1n) is 5.65. The Balaban J connectivity index is 2.33. The zero-order chi connectivity index (χ0) is 11.7. The molecule has 2 N–H and O–H groups in total. The molecule has 1 aromatic rings. The first-order valence-corrected chi connectivity index (χ1v) is 5.65. The highest BCUT2D eigenvalue weighted by Gasteiger charge is 2.21. The monoisotopic (exact) mass is 220 g/mol. The van der Waals surface area contributed by atoms with E-state index in [2.05, 4.69) is 0 Å². The molecular formula is C13H16O3. The number of hydrogen-bond donors (Lipinski definition) is 2. The number of aromatic hydroxyl groups is 1. The Labute approximate surface area is 94.7 Å². The van der Waals surface area contributed by atoms with Crippen LogP contribution < -0.4 is 0 Å². The van der Waals surface area contributed by atoms with Gasteiger partial charge in [-0.1, -0.05) is 13.0 Å². The minimum atomic E-state index is -0.810. The number of rotatable bonds is 3. The van der Waals surface area contributed by atoms with E-state index in [1.54, 1.807) is 13.0 Å². The molecule has 0 heterocycles. The molecule has 0 saturated heterocycles. The van der Waals surface area contributed by atoms with Crippen LogP contribution in [-0.4, -0.2) is 16.2 Å². The van der Waals surface area contributed by atoms with E-state index in [-0.39, 0.29) is 5.75 Å². The standard InChI is InChI=1S/C13H16O3/c1-8(13(15)16)7-11-10-4-2-3-9(10)5-6-12(11)14/h5-6,8,14H,2-4,7H2,1H3,(H,15,16). The molecule has 16 heavy (non-hydrogen) atoms. The topological polar surface area (TPSA) is 57.5 Å². The fourth-order valence-corrected chi connectivity index (χ4v) is 2.35. The van der Waals surface area contributed by atoms with Gasteiger partial charge in [0.2, 0.25) is 0 Å². The molecule has 3 heteroatoms. The average Bonchev–Trinajstić information content (AvgIpc) is 2.70. The van der Waals surface area contributed by atoms with Gasteiger partial charge in [-0.25, -0.2) is 0 Å². The molecule has 1 aromatic carbocycles. The second-order valence-electron chi connectivity index (χ2n) is 4.50. The molecule has 1 atom stereocenters. The van der Waals surface area contributed by atoms with Crippen molar-refractivity contribution in [3.63, 3.8) is 0 Å². The first-order chi connectivity index (χ1) is 7.59. The first kappa shape index (κ1) is 11.0. The molecule has 1 unspecified atom stereocenters. The fourth-order valence-electron chi connectivity index (χ4n) is 2.35. The molecule has 0 aliphatic heterocycles. The van der Waals surface area contributed by atoms with E-state index >= 15 is 0 Å². The molecule has 0 saturated carbocycles. The van der Waals surface area contributed by atoms with Gasteiger partial charge in [0.25, 0.3) is 0 Å². The molecule has 0 aromatic heterocycles. The van der Waals surface area contributed by atoms with Gasteiger partial charge >= 0.3 is 5.97 Å².